The van der Waals surface area contributed by atoms with Gasteiger partial charge in [0.1, 0.15) is 0 Å². The van der Waals surface area contributed by atoms with Gasteiger partial charge in [0.2, 0.25) is 0 Å². The van der Waals surface area contributed by atoms with Gasteiger partial charge >= 0.3 is 6.09 Å². The number of amides is 2. The van der Waals surface area contributed by atoms with Crippen LogP contribution in [0.2, 0.25) is 0 Å². The Bertz CT molecular complexity index is 635. The van der Waals surface area contributed by atoms with Crippen molar-refractivity contribution in [2.75, 3.05) is 12.4 Å². The lowest BCUT2D eigenvalue weighted by molar-refractivity contribution is 0.0438. The van der Waals surface area contributed by atoms with Crippen molar-refractivity contribution < 1.29 is 24.9 Å². The van der Waals surface area contributed by atoms with Crippen LogP contribution in [-0.2, 0) is 6.54 Å². The summed E-state index contributed by atoms with van der Waals surface area (Å²) in [7, 11) is 1.66. The highest BCUT2D eigenvalue weighted by Gasteiger charge is 2.37. The Morgan fingerprint density at radius 2 is 1.91 bits per heavy atom. The molecule has 1 heterocycles. The number of aliphatic hydroxyl groups excluding tert-OH is 2. The fourth-order valence-electron chi connectivity index (χ4n) is 3.43. The molecule has 22 heavy (non-hydrogen) atoms. The van der Waals surface area contributed by atoms with E-state index >= 15 is 0 Å². The average molecular weight is 306 g/mol. The van der Waals surface area contributed by atoms with Gasteiger partial charge in [-0.05, 0) is 36.0 Å². The quantitative estimate of drug-likeness (QED) is 0.650. The van der Waals surface area contributed by atoms with Crippen LogP contribution in [0.25, 0.3) is 0 Å². The molecule has 1 aliphatic carbocycles. The third kappa shape index (κ3) is 2.32. The Labute approximate surface area is 127 Å². The largest absolute Gasteiger partial charge is 0.465 e. The number of aliphatic hydroxyl groups is 2. The first kappa shape index (κ1) is 14.8. The van der Waals surface area contributed by atoms with Gasteiger partial charge in [0.25, 0.3) is 5.91 Å². The van der Waals surface area contributed by atoms with Gasteiger partial charge in [0.15, 0.2) is 0 Å². The van der Waals surface area contributed by atoms with Crippen LogP contribution in [0.3, 0.4) is 0 Å². The molecule has 1 aromatic rings. The van der Waals surface area contributed by atoms with E-state index in [1.165, 1.54) is 4.90 Å². The zero-order chi connectivity index (χ0) is 16.0. The Morgan fingerprint density at radius 3 is 2.50 bits per heavy atom. The number of carbonyl (C=O) groups excluding carboxylic acids is 1. The summed E-state index contributed by atoms with van der Waals surface area (Å²) >= 11 is 0. The van der Waals surface area contributed by atoms with Crippen LogP contribution in [0.15, 0.2) is 12.1 Å². The van der Waals surface area contributed by atoms with Gasteiger partial charge in [-0.3, -0.25) is 10.1 Å². The third-order valence-electron chi connectivity index (χ3n) is 4.48. The number of carbonyl (C=O) groups is 2. The number of hydrogen-bond donors (Lipinski definition) is 4. The number of anilines is 1. The zero-order valence-electron chi connectivity index (χ0n) is 12.1. The maximum absolute atomic E-state index is 12.3. The molecule has 3 rings (SSSR count). The molecule has 4 N–H and O–H groups in total. The van der Waals surface area contributed by atoms with Crippen LogP contribution in [0.4, 0.5) is 10.5 Å². The van der Waals surface area contributed by atoms with Crippen molar-refractivity contribution in [1.82, 2.24) is 4.90 Å². The maximum Gasteiger partial charge on any atom is 0.409 e. The Hall–Kier alpha value is -2.12. The van der Waals surface area contributed by atoms with E-state index < -0.39 is 18.3 Å². The first-order chi connectivity index (χ1) is 10.4. The lowest BCUT2D eigenvalue weighted by Crippen LogP contribution is -2.19. The minimum absolute atomic E-state index is 0.0306. The van der Waals surface area contributed by atoms with E-state index in [1.807, 2.05) is 0 Å². The summed E-state index contributed by atoms with van der Waals surface area (Å²) in [4.78, 5) is 24.7. The summed E-state index contributed by atoms with van der Waals surface area (Å²) in [5.41, 5.74) is 2.34. The Morgan fingerprint density at radius 1 is 1.27 bits per heavy atom. The van der Waals surface area contributed by atoms with E-state index in [1.54, 1.807) is 19.2 Å². The van der Waals surface area contributed by atoms with Crippen LogP contribution < -0.4 is 5.32 Å². The molecule has 0 bridgehead atoms. The first-order valence-electron chi connectivity index (χ1n) is 7.15. The van der Waals surface area contributed by atoms with Crippen molar-refractivity contribution >= 4 is 17.7 Å². The van der Waals surface area contributed by atoms with Crippen LogP contribution >= 0.6 is 0 Å². The minimum Gasteiger partial charge on any atom is -0.465 e. The molecule has 7 heteroatoms. The van der Waals surface area contributed by atoms with E-state index in [0.717, 1.165) is 11.1 Å². The molecule has 2 unspecified atom stereocenters. The second-order valence-electron chi connectivity index (χ2n) is 5.95. The van der Waals surface area contributed by atoms with Crippen LogP contribution in [0, 0.1) is 0 Å². The van der Waals surface area contributed by atoms with E-state index in [9.17, 15) is 19.8 Å². The highest BCUT2D eigenvalue weighted by atomic mass is 16.4. The second kappa shape index (κ2) is 5.26. The lowest BCUT2D eigenvalue weighted by Gasteiger charge is -2.16. The number of rotatable bonds is 2. The average Bonchev–Trinajstić information content (AvgIpc) is 2.91. The number of hydrogen-bond acceptors (Lipinski definition) is 4. The van der Waals surface area contributed by atoms with Crippen molar-refractivity contribution in [3.8, 4) is 0 Å². The smallest absolute Gasteiger partial charge is 0.409 e. The summed E-state index contributed by atoms with van der Waals surface area (Å²) in [6, 6.07) is 3.36. The molecule has 0 radical (unpaired) electrons. The predicted octanol–water partition coefficient (Wildman–Crippen LogP) is 0.961. The second-order valence-corrected chi connectivity index (χ2v) is 5.95. The highest BCUT2D eigenvalue weighted by Crippen LogP contribution is 2.41. The summed E-state index contributed by atoms with van der Waals surface area (Å²) in [6.07, 6.45) is -1.85. The Kier molecular flexibility index (Phi) is 3.54. The molecule has 2 aliphatic rings. The monoisotopic (exact) mass is 306 g/mol. The fourth-order valence-corrected chi connectivity index (χ4v) is 3.43. The normalized spacial score (nSPS) is 27.1. The molecule has 1 aliphatic heterocycles. The molecule has 0 aromatic heterocycles. The van der Waals surface area contributed by atoms with Crippen molar-refractivity contribution in [2.45, 2.75) is 37.5 Å². The molecule has 1 fully saturated rings. The molecular formula is C15H18N2O5. The van der Waals surface area contributed by atoms with Crippen LogP contribution in [0.5, 0.6) is 0 Å². The van der Waals surface area contributed by atoms with Gasteiger partial charge in [-0.1, -0.05) is 6.07 Å². The molecule has 2 atom stereocenters. The van der Waals surface area contributed by atoms with Gasteiger partial charge < -0.3 is 20.2 Å². The van der Waals surface area contributed by atoms with Crippen molar-refractivity contribution in [1.29, 1.82) is 0 Å². The van der Waals surface area contributed by atoms with Crippen molar-refractivity contribution in [2.24, 2.45) is 0 Å². The van der Waals surface area contributed by atoms with Gasteiger partial charge in [-0.25, -0.2) is 4.79 Å². The summed E-state index contributed by atoms with van der Waals surface area (Å²) < 4.78 is 0. The lowest BCUT2D eigenvalue weighted by atomic mass is 9.90. The first-order valence-corrected chi connectivity index (χ1v) is 7.15. The number of nitrogens with one attached hydrogen (secondary N) is 1. The third-order valence-corrected chi connectivity index (χ3v) is 4.48. The van der Waals surface area contributed by atoms with Gasteiger partial charge in [0.05, 0.1) is 23.5 Å². The standard InChI is InChI=1S/C15H18N2O5/c1-17-6-9-8(7-4-11(18)12(19)5-7)2-3-10(16-15(21)22)13(9)14(17)20/h2-3,7,11-12,16,18-19H,4-6H2,1H3,(H,21,22). The molecule has 1 saturated carbocycles. The van der Waals surface area contributed by atoms with Crippen molar-refractivity contribution in [3.63, 3.8) is 0 Å². The summed E-state index contributed by atoms with van der Waals surface area (Å²) in [5.74, 6) is -0.253. The van der Waals surface area contributed by atoms with Crippen molar-refractivity contribution in [3.05, 3.63) is 28.8 Å². The summed E-state index contributed by atoms with van der Waals surface area (Å²) in [5, 5.41) is 30.6. The molecule has 0 saturated heterocycles. The fraction of sp³-hybridized carbons (Fsp3) is 0.467. The molecule has 7 nitrogen and oxygen atoms in total. The molecule has 118 valence electrons. The topological polar surface area (TPSA) is 110 Å². The highest BCUT2D eigenvalue weighted by molar-refractivity contribution is 6.06. The number of nitrogens with zero attached hydrogens (tertiary/aromatic N) is 1. The molecule has 0 spiro atoms. The molecule has 1 aromatic carbocycles. The number of fused-ring (bicyclic) bond motifs is 1. The Balaban J connectivity index is 2.04. The van der Waals surface area contributed by atoms with E-state index in [2.05, 4.69) is 5.32 Å². The van der Waals surface area contributed by atoms with Gasteiger partial charge in [0, 0.05) is 13.6 Å². The van der Waals surface area contributed by atoms with Gasteiger partial charge in [-0.2, -0.15) is 0 Å². The summed E-state index contributed by atoms with van der Waals surface area (Å²) in [6.45, 7) is 0.404. The predicted molar refractivity (Wildman–Crippen MR) is 77.9 cm³/mol. The zero-order valence-corrected chi connectivity index (χ0v) is 12.1. The van der Waals surface area contributed by atoms with E-state index in [4.69, 9.17) is 5.11 Å². The van der Waals surface area contributed by atoms with E-state index in [-0.39, 0.29) is 17.5 Å². The van der Waals surface area contributed by atoms with Crippen LogP contribution in [-0.4, -0.2) is 51.5 Å². The van der Waals surface area contributed by atoms with Crippen LogP contribution in [0.1, 0.15) is 40.2 Å². The molecular weight excluding hydrogens is 288 g/mol. The van der Waals surface area contributed by atoms with E-state index in [0.29, 0.717) is 24.9 Å². The number of carboxylic acid groups (broad SMARTS) is 1. The van der Waals surface area contributed by atoms with Gasteiger partial charge in [-0.15, -0.1) is 0 Å². The maximum atomic E-state index is 12.3. The minimum atomic E-state index is -1.22. The molecule has 2 amide bonds. The number of benzene rings is 1. The SMILES string of the molecule is CN1Cc2c(C3CC(O)C(O)C3)ccc(NC(=O)O)c2C1=O.